The Bertz CT molecular complexity index is 691. The summed E-state index contributed by atoms with van der Waals surface area (Å²) in [5.41, 5.74) is 0.939. The van der Waals surface area contributed by atoms with Crippen LogP contribution in [0.1, 0.15) is 24.8 Å². The molecule has 0 spiro atoms. The van der Waals surface area contributed by atoms with E-state index in [1.165, 1.54) is 12.1 Å². The number of hydrogen-bond donors (Lipinski definition) is 1. The van der Waals surface area contributed by atoms with E-state index >= 15 is 0 Å². The Labute approximate surface area is 151 Å². The van der Waals surface area contributed by atoms with Crippen molar-refractivity contribution in [2.75, 3.05) is 26.2 Å². The molecule has 2 amide bonds. The maximum Gasteiger partial charge on any atom is 0.308 e. The smallest absolute Gasteiger partial charge is 0.308 e. The Balaban J connectivity index is 1.54. The van der Waals surface area contributed by atoms with Crippen LogP contribution in [0.25, 0.3) is 0 Å². The van der Waals surface area contributed by atoms with Crippen molar-refractivity contribution >= 4 is 17.8 Å². The zero-order chi connectivity index (χ0) is 18.7. The highest BCUT2D eigenvalue weighted by Gasteiger charge is 2.38. The summed E-state index contributed by atoms with van der Waals surface area (Å²) in [6, 6.07) is 6.17. The zero-order valence-corrected chi connectivity index (χ0v) is 14.6. The van der Waals surface area contributed by atoms with Gasteiger partial charge < -0.3 is 14.9 Å². The first kappa shape index (κ1) is 18.4. The van der Waals surface area contributed by atoms with Crippen LogP contribution in [-0.4, -0.2) is 58.9 Å². The first-order chi connectivity index (χ1) is 12.4. The number of aliphatic carboxylic acids is 1. The summed E-state index contributed by atoms with van der Waals surface area (Å²) >= 11 is 0. The molecule has 0 aromatic heterocycles. The normalized spacial score (nSPS) is 23.3. The standard InChI is InChI=1S/C19H23FN2O4/c20-16-5-3-13(4-6-16)7-9-21-12-15(10-17(21)23)18(24)22-8-1-2-14(11-22)19(25)26/h3-6,14-15H,1-2,7-12H2,(H,25,26). The molecule has 1 aromatic carbocycles. The lowest BCUT2D eigenvalue weighted by Crippen LogP contribution is -2.45. The molecule has 0 radical (unpaired) electrons. The molecule has 0 saturated carbocycles. The van der Waals surface area contributed by atoms with Gasteiger partial charge in [0.25, 0.3) is 0 Å². The highest BCUT2D eigenvalue weighted by molar-refractivity contribution is 5.89. The summed E-state index contributed by atoms with van der Waals surface area (Å²) in [5, 5.41) is 9.16. The van der Waals surface area contributed by atoms with E-state index in [0.29, 0.717) is 38.9 Å². The minimum atomic E-state index is -0.870. The van der Waals surface area contributed by atoms with Crippen molar-refractivity contribution in [3.05, 3.63) is 35.6 Å². The third-order valence-corrected chi connectivity index (χ3v) is 5.23. The summed E-state index contributed by atoms with van der Waals surface area (Å²) in [6.45, 7) is 1.65. The van der Waals surface area contributed by atoms with E-state index in [1.54, 1.807) is 21.9 Å². The molecule has 7 heteroatoms. The molecule has 140 valence electrons. The van der Waals surface area contributed by atoms with Crippen molar-refractivity contribution in [2.24, 2.45) is 11.8 Å². The van der Waals surface area contributed by atoms with Gasteiger partial charge in [-0.3, -0.25) is 14.4 Å². The quantitative estimate of drug-likeness (QED) is 0.862. The van der Waals surface area contributed by atoms with Crippen LogP contribution < -0.4 is 0 Å². The van der Waals surface area contributed by atoms with Crippen LogP contribution in [0, 0.1) is 17.7 Å². The lowest BCUT2D eigenvalue weighted by molar-refractivity contribution is -0.146. The van der Waals surface area contributed by atoms with Crippen LogP contribution in [0.3, 0.4) is 0 Å². The van der Waals surface area contributed by atoms with Gasteiger partial charge >= 0.3 is 5.97 Å². The fourth-order valence-corrected chi connectivity index (χ4v) is 3.71. The van der Waals surface area contributed by atoms with Gasteiger partial charge in [0, 0.05) is 32.6 Å². The van der Waals surface area contributed by atoms with Crippen molar-refractivity contribution in [1.29, 1.82) is 0 Å². The molecular weight excluding hydrogens is 339 g/mol. The third-order valence-electron chi connectivity index (χ3n) is 5.23. The summed E-state index contributed by atoms with van der Waals surface area (Å²) in [6.07, 6.45) is 2.05. The Hall–Kier alpha value is -2.44. The average molecular weight is 362 g/mol. The van der Waals surface area contributed by atoms with Gasteiger partial charge in [-0.2, -0.15) is 0 Å². The Morgan fingerprint density at radius 3 is 2.58 bits per heavy atom. The second-order valence-electron chi connectivity index (χ2n) is 7.08. The predicted molar refractivity (Wildman–Crippen MR) is 91.7 cm³/mol. The molecule has 2 fully saturated rings. The predicted octanol–water partition coefficient (Wildman–Crippen LogP) is 1.54. The largest absolute Gasteiger partial charge is 0.481 e. The van der Waals surface area contributed by atoms with E-state index in [-0.39, 0.29) is 30.6 Å². The maximum atomic E-state index is 12.9. The number of carbonyl (C=O) groups excluding carboxylic acids is 2. The number of carboxylic acid groups (broad SMARTS) is 1. The first-order valence-corrected chi connectivity index (χ1v) is 8.98. The Kier molecular flexibility index (Phi) is 5.54. The molecule has 2 unspecified atom stereocenters. The number of likely N-dealkylation sites (tertiary alicyclic amines) is 2. The Morgan fingerprint density at radius 2 is 1.88 bits per heavy atom. The number of nitrogens with zero attached hydrogens (tertiary/aromatic N) is 2. The summed E-state index contributed by atoms with van der Waals surface area (Å²) < 4.78 is 12.9. The van der Waals surface area contributed by atoms with Crippen molar-refractivity contribution in [2.45, 2.75) is 25.7 Å². The van der Waals surface area contributed by atoms with Crippen LogP contribution in [0.4, 0.5) is 4.39 Å². The summed E-state index contributed by atoms with van der Waals surface area (Å²) in [4.78, 5) is 39.3. The van der Waals surface area contributed by atoms with Crippen LogP contribution in [0.2, 0.25) is 0 Å². The molecule has 26 heavy (non-hydrogen) atoms. The van der Waals surface area contributed by atoms with Crippen molar-refractivity contribution in [3.63, 3.8) is 0 Å². The van der Waals surface area contributed by atoms with Gasteiger partial charge in [-0.25, -0.2) is 4.39 Å². The van der Waals surface area contributed by atoms with E-state index in [1.807, 2.05) is 0 Å². The number of rotatable bonds is 5. The fourth-order valence-electron chi connectivity index (χ4n) is 3.71. The zero-order valence-electron chi connectivity index (χ0n) is 14.6. The van der Waals surface area contributed by atoms with E-state index in [9.17, 15) is 18.8 Å². The molecule has 2 aliphatic heterocycles. The first-order valence-electron chi connectivity index (χ1n) is 8.98. The minimum absolute atomic E-state index is 0.0581. The van der Waals surface area contributed by atoms with Crippen LogP contribution in [0.15, 0.2) is 24.3 Å². The third kappa shape index (κ3) is 4.20. The van der Waals surface area contributed by atoms with Gasteiger partial charge in [-0.15, -0.1) is 0 Å². The second kappa shape index (κ2) is 7.85. The number of piperidine rings is 1. The maximum absolute atomic E-state index is 12.9. The summed E-state index contributed by atoms with van der Waals surface area (Å²) in [7, 11) is 0. The fraction of sp³-hybridized carbons (Fsp3) is 0.526. The Morgan fingerprint density at radius 1 is 1.15 bits per heavy atom. The van der Waals surface area contributed by atoms with Crippen LogP contribution in [0.5, 0.6) is 0 Å². The molecule has 3 rings (SSSR count). The monoisotopic (exact) mass is 362 g/mol. The number of amides is 2. The van der Waals surface area contributed by atoms with E-state index in [0.717, 1.165) is 5.56 Å². The molecule has 2 aliphatic rings. The number of benzene rings is 1. The topological polar surface area (TPSA) is 77.9 Å². The van der Waals surface area contributed by atoms with Crippen molar-refractivity contribution in [3.8, 4) is 0 Å². The van der Waals surface area contributed by atoms with Crippen molar-refractivity contribution in [1.82, 2.24) is 9.80 Å². The molecule has 0 aliphatic carbocycles. The van der Waals surface area contributed by atoms with E-state index in [4.69, 9.17) is 5.11 Å². The molecule has 6 nitrogen and oxygen atoms in total. The van der Waals surface area contributed by atoms with E-state index in [2.05, 4.69) is 0 Å². The van der Waals surface area contributed by atoms with Gasteiger partial charge in [-0.05, 0) is 37.0 Å². The molecule has 2 atom stereocenters. The molecule has 1 aromatic rings. The number of halogens is 1. The number of carboxylic acids is 1. The SMILES string of the molecule is O=C(O)C1CCCN(C(=O)C2CC(=O)N(CCc3ccc(F)cc3)C2)C1. The molecule has 2 heterocycles. The van der Waals surface area contributed by atoms with E-state index < -0.39 is 17.8 Å². The summed E-state index contributed by atoms with van der Waals surface area (Å²) in [5.74, 6) is -2.25. The molecule has 1 N–H and O–H groups in total. The van der Waals surface area contributed by atoms with Gasteiger partial charge in [0.05, 0.1) is 11.8 Å². The van der Waals surface area contributed by atoms with Crippen molar-refractivity contribution < 1.29 is 23.9 Å². The lowest BCUT2D eigenvalue weighted by atomic mass is 9.96. The van der Waals surface area contributed by atoms with Crippen LogP contribution in [-0.2, 0) is 20.8 Å². The highest BCUT2D eigenvalue weighted by atomic mass is 19.1. The van der Waals surface area contributed by atoms with Gasteiger partial charge in [0.15, 0.2) is 0 Å². The van der Waals surface area contributed by atoms with Gasteiger partial charge in [0.2, 0.25) is 11.8 Å². The average Bonchev–Trinajstić information content (AvgIpc) is 3.01. The van der Waals surface area contributed by atoms with Gasteiger partial charge in [-0.1, -0.05) is 12.1 Å². The molecule has 0 bridgehead atoms. The number of carbonyl (C=O) groups is 3. The second-order valence-corrected chi connectivity index (χ2v) is 7.08. The lowest BCUT2D eigenvalue weighted by Gasteiger charge is -2.32. The molecule has 2 saturated heterocycles. The highest BCUT2D eigenvalue weighted by Crippen LogP contribution is 2.24. The minimum Gasteiger partial charge on any atom is -0.481 e. The van der Waals surface area contributed by atoms with Gasteiger partial charge in [0.1, 0.15) is 5.82 Å². The number of hydrogen-bond acceptors (Lipinski definition) is 3. The molecular formula is C19H23FN2O4. The van der Waals surface area contributed by atoms with Crippen LogP contribution >= 0.6 is 0 Å².